The monoisotopic (exact) mass is 380 g/mol. The fourth-order valence-electron chi connectivity index (χ4n) is 3.11. The predicted octanol–water partition coefficient (Wildman–Crippen LogP) is 3.39. The van der Waals surface area contributed by atoms with E-state index in [2.05, 4.69) is 34.2 Å². The molecule has 0 radical (unpaired) electrons. The lowest BCUT2D eigenvalue weighted by Gasteiger charge is -2.12. The molecule has 3 aromatic heterocycles. The van der Waals surface area contributed by atoms with Gasteiger partial charge in [-0.3, -0.25) is 9.48 Å². The number of anilines is 1. The van der Waals surface area contributed by atoms with Crippen LogP contribution < -0.4 is 10.1 Å². The molecule has 0 aromatic carbocycles. The van der Waals surface area contributed by atoms with E-state index in [1.54, 1.807) is 29.5 Å². The maximum atomic E-state index is 12.8. The molecule has 4 rings (SSSR count). The zero-order chi connectivity index (χ0) is 19.7. The standard InChI is InChI=1S/C20H24N6O2/c1-13(2)26-12-21-9-17(26)16-5-4-6-18(22-16)23-19(27)15-11-25(10-14-7-8-14)24-20(15)28-3/h4-6,9,11-14H,7-8,10H2,1-3H3,(H,22,23,27). The molecule has 1 aliphatic carbocycles. The van der Waals surface area contributed by atoms with Gasteiger partial charge in [-0.1, -0.05) is 6.07 Å². The van der Waals surface area contributed by atoms with Crippen LogP contribution in [0.3, 0.4) is 0 Å². The Labute approximate surface area is 163 Å². The first-order valence-electron chi connectivity index (χ1n) is 9.47. The van der Waals surface area contributed by atoms with E-state index in [-0.39, 0.29) is 11.9 Å². The van der Waals surface area contributed by atoms with Crippen molar-refractivity contribution in [3.63, 3.8) is 0 Å². The molecule has 8 heteroatoms. The van der Waals surface area contributed by atoms with Crippen molar-refractivity contribution in [3.8, 4) is 17.3 Å². The Bertz CT molecular complexity index is 986. The molecule has 0 aliphatic heterocycles. The number of pyridine rings is 1. The van der Waals surface area contributed by atoms with Gasteiger partial charge < -0.3 is 14.6 Å². The average molecular weight is 380 g/mol. The molecule has 8 nitrogen and oxygen atoms in total. The number of methoxy groups -OCH3 is 1. The van der Waals surface area contributed by atoms with Crippen LogP contribution in [-0.2, 0) is 6.54 Å². The number of ether oxygens (including phenoxy) is 1. The number of carbonyl (C=O) groups excluding carboxylic acids is 1. The fraction of sp³-hybridized carbons (Fsp3) is 0.400. The number of aromatic nitrogens is 5. The summed E-state index contributed by atoms with van der Waals surface area (Å²) < 4.78 is 9.12. The Morgan fingerprint density at radius 2 is 2.18 bits per heavy atom. The SMILES string of the molecule is COc1nn(CC2CC2)cc1C(=O)Nc1cccc(-c2cncn2C(C)C)n1. The van der Waals surface area contributed by atoms with Gasteiger partial charge in [0.1, 0.15) is 11.4 Å². The molecule has 146 valence electrons. The first-order valence-corrected chi connectivity index (χ1v) is 9.47. The van der Waals surface area contributed by atoms with Crippen LogP contribution in [-0.4, -0.2) is 37.3 Å². The third kappa shape index (κ3) is 3.76. The molecule has 1 saturated carbocycles. The summed E-state index contributed by atoms with van der Waals surface area (Å²) in [5.41, 5.74) is 2.06. The Balaban J connectivity index is 1.55. The Kier molecular flexibility index (Phi) is 4.85. The number of nitrogens with one attached hydrogen (secondary N) is 1. The van der Waals surface area contributed by atoms with E-state index in [9.17, 15) is 4.79 Å². The predicted molar refractivity (Wildman–Crippen MR) is 105 cm³/mol. The Morgan fingerprint density at radius 1 is 1.36 bits per heavy atom. The molecule has 1 N–H and O–H groups in total. The van der Waals surface area contributed by atoms with E-state index in [0.717, 1.165) is 17.9 Å². The van der Waals surface area contributed by atoms with E-state index in [4.69, 9.17) is 4.74 Å². The molecule has 0 unspecified atom stereocenters. The third-order valence-electron chi connectivity index (χ3n) is 4.78. The van der Waals surface area contributed by atoms with Gasteiger partial charge in [-0.05, 0) is 44.7 Å². The molecule has 1 amide bonds. The van der Waals surface area contributed by atoms with Crippen LogP contribution in [0.25, 0.3) is 11.4 Å². The highest BCUT2D eigenvalue weighted by molar-refractivity contribution is 6.05. The molecule has 0 bridgehead atoms. The summed E-state index contributed by atoms with van der Waals surface area (Å²) in [6, 6.07) is 5.79. The van der Waals surface area contributed by atoms with E-state index in [0.29, 0.717) is 23.2 Å². The van der Waals surface area contributed by atoms with Gasteiger partial charge in [-0.2, -0.15) is 0 Å². The van der Waals surface area contributed by atoms with Crippen LogP contribution in [0.15, 0.2) is 36.9 Å². The highest BCUT2D eigenvalue weighted by Gasteiger charge is 2.24. The van der Waals surface area contributed by atoms with Crippen LogP contribution in [0.2, 0.25) is 0 Å². The highest BCUT2D eigenvalue weighted by atomic mass is 16.5. The van der Waals surface area contributed by atoms with Gasteiger partial charge in [0.05, 0.1) is 31.0 Å². The summed E-state index contributed by atoms with van der Waals surface area (Å²) in [5.74, 6) is 1.16. The number of rotatable bonds is 7. The first-order chi connectivity index (χ1) is 13.5. The van der Waals surface area contributed by atoms with Crippen molar-refractivity contribution in [2.45, 2.75) is 39.3 Å². The van der Waals surface area contributed by atoms with Crippen LogP contribution in [0.4, 0.5) is 5.82 Å². The second-order valence-electron chi connectivity index (χ2n) is 7.36. The van der Waals surface area contributed by atoms with E-state index >= 15 is 0 Å². The smallest absolute Gasteiger partial charge is 0.263 e. The van der Waals surface area contributed by atoms with Crippen molar-refractivity contribution in [2.75, 3.05) is 12.4 Å². The first kappa shape index (κ1) is 18.2. The molecule has 1 aliphatic rings. The van der Waals surface area contributed by atoms with Gasteiger partial charge in [-0.15, -0.1) is 5.10 Å². The normalized spacial score (nSPS) is 13.7. The van der Waals surface area contributed by atoms with Crippen molar-refractivity contribution in [1.82, 2.24) is 24.3 Å². The Morgan fingerprint density at radius 3 is 2.89 bits per heavy atom. The largest absolute Gasteiger partial charge is 0.479 e. The van der Waals surface area contributed by atoms with E-state index in [1.807, 2.05) is 16.7 Å². The molecule has 0 saturated heterocycles. The quantitative estimate of drug-likeness (QED) is 0.679. The molecule has 3 aromatic rings. The van der Waals surface area contributed by atoms with Crippen LogP contribution in [0, 0.1) is 5.92 Å². The van der Waals surface area contributed by atoms with Gasteiger partial charge in [0.25, 0.3) is 5.91 Å². The fourth-order valence-corrected chi connectivity index (χ4v) is 3.11. The van der Waals surface area contributed by atoms with Gasteiger partial charge in [-0.25, -0.2) is 9.97 Å². The van der Waals surface area contributed by atoms with Crippen molar-refractivity contribution in [3.05, 3.63) is 42.5 Å². The number of carbonyl (C=O) groups is 1. The lowest BCUT2D eigenvalue weighted by Crippen LogP contribution is -2.13. The van der Waals surface area contributed by atoms with Gasteiger partial charge in [0, 0.05) is 18.8 Å². The zero-order valence-electron chi connectivity index (χ0n) is 16.3. The molecule has 1 fully saturated rings. The molecule has 0 spiro atoms. The molecular weight excluding hydrogens is 356 g/mol. The number of imidazole rings is 1. The molecule has 3 heterocycles. The average Bonchev–Trinajstić information content (AvgIpc) is 3.20. The maximum absolute atomic E-state index is 12.8. The summed E-state index contributed by atoms with van der Waals surface area (Å²) in [5, 5.41) is 7.22. The minimum atomic E-state index is -0.291. The van der Waals surface area contributed by atoms with E-state index < -0.39 is 0 Å². The van der Waals surface area contributed by atoms with Crippen molar-refractivity contribution < 1.29 is 9.53 Å². The van der Waals surface area contributed by atoms with Crippen LogP contribution in [0.5, 0.6) is 5.88 Å². The number of amides is 1. The van der Waals surface area contributed by atoms with E-state index in [1.165, 1.54) is 20.0 Å². The summed E-state index contributed by atoms with van der Waals surface area (Å²) in [6.07, 6.45) is 7.73. The van der Waals surface area contributed by atoms with Gasteiger partial charge in [0.2, 0.25) is 5.88 Å². The van der Waals surface area contributed by atoms with Gasteiger partial charge in [0.15, 0.2) is 0 Å². The minimum absolute atomic E-state index is 0.263. The number of hydrogen-bond acceptors (Lipinski definition) is 5. The van der Waals surface area contributed by atoms with Crippen molar-refractivity contribution in [1.29, 1.82) is 0 Å². The number of nitrogens with zero attached hydrogens (tertiary/aromatic N) is 5. The summed E-state index contributed by atoms with van der Waals surface area (Å²) in [6.45, 7) is 4.99. The molecule has 28 heavy (non-hydrogen) atoms. The minimum Gasteiger partial charge on any atom is -0.479 e. The highest BCUT2D eigenvalue weighted by Crippen LogP contribution is 2.31. The third-order valence-corrected chi connectivity index (χ3v) is 4.78. The van der Waals surface area contributed by atoms with Crippen LogP contribution in [0.1, 0.15) is 43.1 Å². The second-order valence-corrected chi connectivity index (χ2v) is 7.36. The summed E-state index contributed by atoms with van der Waals surface area (Å²) >= 11 is 0. The second kappa shape index (κ2) is 7.46. The van der Waals surface area contributed by atoms with Gasteiger partial charge >= 0.3 is 0 Å². The molecular formula is C20H24N6O2. The lowest BCUT2D eigenvalue weighted by molar-refractivity contribution is 0.102. The Hall–Kier alpha value is -3.16. The zero-order valence-corrected chi connectivity index (χ0v) is 16.3. The topological polar surface area (TPSA) is 86.9 Å². The van der Waals surface area contributed by atoms with Crippen molar-refractivity contribution in [2.24, 2.45) is 5.92 Å². The maximum Gasteiger partial charge on any atom is 0.263 e. The van der Waals surface area contributed by atoms with Crippen LogP contribution >= 0.6 is 0 Å². The lowest BCUT2D eigenvalue weighted by atomic mass is 10.2. The number of hydrogen-bond donors (Lipinski definition) is 1. The summed E-state index contributed by atoms with van der Waals surface area (Å²) in [4.78, 5) is 21.6. The van der Waals surface area contributed by atoms with Crippen molar-refractivity contribution >= 4 is 11.7 Å². The summed E-state index contributed by atoms with van der Waals surface area (Å²) in [7, 11) is 1.52. The molecule has 0 atom stereocenters.